The minimum Gasteiger partial charge on any atom is -0.368 e. The smallest absolute Gasteiger partial charge is 0.237 e. The number of hydrogen-bond acceptors (Lipinski definition) is 2. The number of rotatable bonds is 5. The van der Waals surface area contributed by atoms with E-state index in [1.54, 1.807) is 0 Å². The molecule has 0 unspecified atom stereocenters. The number of carbonyl (C=O) groups excluding carboxylic acids is 1. The first kappa shape index (κ1) is 13.6. The second kappa shape index (κ2) is 5.57. The van der Waals surface area contributed by atoms with Crippen molar-refractivity contribution in [3.05, 3.63) is 35.9 Å². The zero-order valence-electron chi connectivity index (χ0n) is 12.0. The molecular formula is C17H24N2O. The average molecular weight is 272 g/mol. The third-order valence-corrected chi connectivity index (χ3v) is 5.01. The van der Waals surface area contributed by atoms with Crippen LogP contribution in [0.1, 0.15) is 50.0 Å². The van der Waals surface area contributed by atoms with Gasteiger partial charge < -0.3 is 11.1 Å². The van der Waals surface area contributed by atoms with Crippen molar-refractivity contribution in [2.45, 2.75) is 50.0 Å². The van der Waals surface area contributed by atoms with Crippen molar-refractivity contribution in [3.63, 3.8) is 0 Å². The molecule has 0 aliphatic heterocycles. The van der Waals surface area contributed by atoms with Crippen molar-refractivity contribution in [1.82, 2.24) is 5.32 Å². The number of amides is 1. The summed E-state index contributed by atoms with van der Waals surface area (Å²) in [4.78, 5) is 11.9. The normalized spacial score (nSPS) is 30.1. The van der Waals surface area contributed by atoms with Gasteiger partial charge in [-0.25, -0.2) is 0 Å². The van der Waals surface area contributed by atoms with E-state index in [9.17, 15) is 4.79 Å². The maximum Gasteiger partial charge on any atom is 0.237 e. The summed E-state index contributed by atoms with van der Waals surface area (Å²) in [7, 11) is 0. The fraction of sp³-hybridized carbons (Fsp3) is 0.588. The predicted molar refractivity (Wildman–Crippen MR) is 80.3 cm³/mol. The Kier molecular flexibility index (Phi) is 3.79. The van der Waals surface area contributed by atoms with Crippen LogP contribution in [0.5, 0.6) is 0 Å². The summed E-state index contributed by atoms with van der Waals surface area (Å²) in [6.45, 7) is 0.957. The van der Waals surface area contributed by atoms with Crippen LogP contribution in [0.15, 0.2) is 30.3 Å². The molecule has 20 heavy (non-hydrogen) atoms. The Hall–Kier alpha value is -1.35. The number of carbonyl (C=O) groups is 1. The molecule has 1 amide bonds. The lowest BCUT2D eigenvalue weighted by Crippen LogP contribution is -2.57. The predicted octanol–water partition coefficient (Wildman–Crippen LogP) is 2.57. The first-order valence-electron chi connectivity index (χ1n) is 7.79. The maximum absolute atomic E-state index is 11.9. The fourth-order valence-electron chi connectivity index (χ4n) is 3.34. The molecule has 0 atom stereocenters. The SMILES string of the molecule is NC(=O)C1(NCC2CC2)CCC(c2ccccc2)CC1. The topological polar surface area (TPSA) is 55.1 Å². The first-order chi connectivity index (χ1) is 9.70. The van der Waals surface area contributed by atoms with Gasteiger partial charge in [0.15, 0.2) is 0 Å². The third-order valence-electron chi connectivity index (χ3n) is 5.01. The Labute approximate surface area is 120 Å². The molecule has 2 fully saturated rings. The molecule has 0 saturated heterocycles. The Morgan fingerprint density at radius 2 is 1.80 bits per heavy atom. The van der Waals surface area contributed by atoms with Crippen LogP contribution in [0.3, 0.4) is 0 Å². The Morgan fingerprint density at radius 1 is 1.15 bits per heavy atom. The van der Waals surface area contributed by atoms with Crippen molar-refractivity contribution in [1.29, 1.82) is 0 Å². The zero-order chi connectivity index (χ0) is 14.0. The lowest BCUT2D eigenvalue weighted by molar-refractivity contribution is -0.125. The second-order valence-electron chi connectivity index (χ2n) is 6.46. The summed E-state index contributed by atoms with van der Waals surface area (Å²) < 4.78 is 0. The van der Waals surface area contributed by atoms with Crippen LogP contribution in [0.25, 0.3) is 0 Å². The van der Waals surface area contributed by atoms with Gasteiger partial charge in [0.2, 0.25) is 5.91 Å². The molecule has 3 heteroatoms. The van der Waals surface area contributed by atoms with E-state index in [4.69, 9.17) is 5.73 Å². The average Bonchev–Trinajstić information content (AvgIpc) is 3.31. The third kappa shape index (κ3) is 2.88. The van der Waals surface area contributed by atoms with E-state index < -0.39 is 5.54 Å². The van der Waals surface area contributed by atoms with Gasteiger partial charge in [0.1, 0.15) is 0 Å². The van der Waals surface area contributed by atoms with Crippen LogP contribution in [0.4, 0.5) is 0 Å². The standard InChI is InChI=1S/C17H24N2O/c18-16(20)17(19-12-13-6-7-13)10-8-15(9-11-17)14-4-2-1-3-5-14/h1-5,13,15,19H,6-12H2,(H2,18,20). The Bertz CT molecular complexity index is 459. The molecule has 3 nitrogen and oxygen atoms in total. The van der Waals surface area contributed by atoms with Crippen LogP contribution in [0.2, 0.25) is 0 Å². The molecule has 2 aliphatic carbocycles. The molecule has 1 aromatic rings. The molecule has 0 bridgehead atoms. The first-order valence-corrected chi connectivity index (χ1v) is 7.79. The van der Waals surface area contributed by atoms with E-state index in [0.717, 1.165) is 38.1 Å². The molecular weight excluding hydrogens is 248 g/mol. The monoisotopic (exact) mass is 272 g/mol. The Balaban J connectivity index is 1.63. The van der Waals surface area contributed by atoms with E-state index in [1.807, 2.05) is 0 Å². The number of benzene rings is 1. The van der Waals surface area contributed by atoms with Crippen molar-refractivity contribution in [2.75, 3.05) is 6.54 Å². The van der Waals surface area contributed by atoms with Crippen LogP contribution in [-0.4, -0.2) is 18.0 Å². The number of primary amides is 1. The van der Waals surface area contributed by atoms with Gasteiger partial charge in [0.25, 0.3) is 0 Å². The molecule has 0 spiro atoms. The van der Waals surface area contributed by atoms with Crippen LogP contribution < -0.4 is 11.1 Å². The summed E-state index contributed by atoms with van der Waals surface area (Å²) in [5.74, 6) is 1.19. The summed E-state index contributed by atoms with van der Waals surface area (Å²) >= 11 is 0. The highest BCUT2D eigenvalue weighted by atomic mass is 16.1. The van der Waals surface area contributed by atoms with E-state index in [1.165, 1.54) is 18.4 Å². The number of nitrogens with one attached hydrogen (secondary N) is 1. The van der Waals surface area contributed by atoms with Gasteiger partial charge in [0.05, 0.1) is 5.54 Å². The highest BCUT2D eigenvalue weighted by Crippen LogP contribution is 2.38. The van der Waals surface area contributed by atoms with Crippen molar-refractivity contribution < 1.29 is 4.79 Å². The van der Waals surface area contributed by atoms with Gasteiger partial charge >= 0.3 is 0 Å². The maximum atomic E-state index is 11.9. The molecule has 2 saturated carbocycles. The molecule has 3 N–H and O–H groups in total. The van der Waals surface area contributed by atoms with E-state index in [-0.39, 0.29) is 5.91 Å². The quantitative estimate of drug-likeness (QED) is 0.865. The number of nitrogens with two attached hydrogens (primary N) is 1. The molecule has 1 aromatic carbocycles. The fourth-order valence-corrected chi connectivity index (χ4v) is 3.34. The lowest BCUT2D eigenvalue weighted by atomic mass is 9.73. The summed E-state index contributed by atoms with van der Waals surface area (Å²) in [5.41, 5.74) is 6.64. The molecule has 2 aliphatic rings. The molecule has 108 valence electrons. The second-order valence-corrected chi connectivity index (χ2v) is 6.46. The summed E-state index contributed by atoms with van der Waals surface area (Å²) in [6, 6.07) is 10.6. The summed E-state index contributed by atoms with van der Waals surface area (Å²) in [5, 5.41) is 3.49. The van der Waals surface area contributed by atoms with Gasteiger partial charge in [-0.15, -0.1) is 0 Å². The molecule has 0 heterocycles. The van der Waals surface area contributed by atoms with Gasteiger partial charge in [0, 0.05) is 0 Å². The summed E-state index contributed by atoms with van der Waals surface area (Å²) in [6.07, 6.45) is 6.43. The van der Waals surface area contributed by atoms with Gasteiger partial charge in [-0.05, 0) is 62.5 Å². The van der Waals surface area contributed by atoms with Crippen LogP contribution in [0, 0.1) is 5.92 Å². The highest BCUT2D eigenvalue weighted by molar-refractivity contribution is 5.84. The minimum absolute atomic E-state index is 0.162. The Morgan fingerprint density at radius 3 is 2.35 bits per heavy atom. The van der Waals surface area contributed by atoms with Gasteiger partial charge in [-0.2, -0.15) is 0 Å². The van der Waals surface area contributed by atoms with Crippen molar-refractivity contribution in [3.8, 4) is 0 Å². The van der Waals surface area contributed by atoms with Crippen molar-refractivity contribution in [2.24, 2.45) is 11.7 Å². The van der Waals surface area contributed by atoms with Crippen LogP contribution in [-0.2, 0) is 4.79 Å². The minimum atomic E-state index is -0.451. The van der Waals surface area contributed by atoms with Crippen LogP contribution >= 0.6 is 0 Å². The zero-order valence-corrected chi connectivity index (χ0v) is 12.0. The molecule has 0 aromatic heterocycles. The highest BCUT2D eigenvalue weighted by Gasteiger charge is 2.41. The van der Waals surface area contributed by atoms with Crippen molar-refractivity contribution >= 4 is 5.91 Å². The van der Waals surface area contributed by atoms with Gasteiger partial charge in [-0.3, -0.25) is 4.79 Å². The molecule has 3 rings (SSSR count). The lowest BCUT2D eigenvalue weighted by Gasteiger charge is -2.38. The molecule has 0 radical (unpaired) electrons. The van der Waals surface area contributed by atoms with E-state index in [2.05, 4.69) is 35.6 Å². The van der Waals surface area contributed by atoms with E-state index >= 15 is 0 Å². The van der Waals surface area contributed by atoms with E-state index in [0.29, 0.717) is 5.92 Å². The largest absolute Gasteiger partial charge is 0.368 e. The number of hydrogen-bond donors (Lipinski definition) is 2. The van der Waals surface area contributed by atoms with Gasteiger partial charge in [-0.1, -0.05) is 30.3 Å².